The van der Waals surface area contributed by atoms with Crippen molar-refractivity contribution >= 4 is 11.9 Å². The highest BCUT2D eigenvalue weighted by atomic mass is 16.5. The molecule has 1 aliphatic heterocycles. The van der Waals surface area contributed by atoms with E-state index in [1.165, 1.54) is 4.90 Å². The number of esters is 1. The third-order valence-corrected chi connectivity index (χ3v) is 3.67. The van der Waals surface area contributed by atoms with Gasteiger partial charge in [0.2, 0.25) is 0 Å². The molecule has 0 aromatic heterocycles. The first-order valence-electron chi connectivity index (χ1n) is 8.15. The topological polar surface area (TPSA) is 65.1 Å². The summed E-state index contributed by atoms with van der Waals surface area (Å²) in [4.78, 5) is 25.6. The average Bonchev–Trinajstić information content (AvgIpc) is 2.50. The van der Waals surface area contributed by atoms with Crippen LogP contribution in [0.3, 0.4) is 0 Å². The van der Waals surface area contributed by atoms with Gasteiger partial charge < -0.3 is 19.1 Å². The molecule has 0 N–H and O–H groups in total. The lowest BCUT2D eigenvalue weighted by atomic mass is 10.1. The van der Waals surface area contributed by atoms with Gasteiger partial charge in [0.15, 0.2) is 0 Å². The fourth-order valence-electron chi connectivity index (χ4n) is 2.36. The maximum absolute atomic E-state index is 12.4. The summed E-state index contributed by atoms with van der Waals surface area (Å²) in [6, 6.07) is -0.0890. The van der Waals surface area contributed by atoms with Crippen LogP contribution in [0.15, 0.2) is 0 Å². The highest BCUT2D eigenvalue weighted by Crippen LogP contribution is 2.14. The van der Waals surface area contributed by atoms with Crippen LogP contribution in [0.2, 0.25) is 0 Å². The number of hydrogen-bond acceptors (Lipinski definition) is 5. The lowest BCUT2D eigenvalue weighted by molar-refractivity contribution is -0.156. The molecule has 0 bridgehead atoms. The van der Waals surface area contributed by atoms with Crippen molar-refractivity contribution in [2.24, 2.45) is 0 Å². The smallest absolute Gasteiger partial charge is 0.325 e. The highest BCUT2D eigenvalue weighted by molar-refractivity contribution is 5.85. The molecule has 6 heteroatoms. The standard InChI is InChI=1S/C16H29NO5/c1-5-20-15(18)10-17(12(2)3)16(19)13(4)22-11-14-8-6-7-9-21-14/h12-14H,5-11H2,1-4H3. The third-order valence-electron chi connectivity index (χ3n) is 3.67. The molecule has 2 unspecified atom stereocenters. The Morgan fingerprint density at radius 1 is 1.27 bits per heavy atom. The van der Waals surface area contributed by atoms with E-state index in [9.17, 15) is 9.59 Å². The van der Waals surface area contributed by atoms with Gasteiger partial charge in [-0.1, -0.05) is 0 Å². The number of amides is 1. The lowest BCUT2D eigenvalue weighted by Gasteiger charge is -2.29. The van der Waals surface area contributed by atoms with E-state index in [0.717, 1.165) is 25.9 Å². The number of nitrogens with zero attached hydrogens (tertiary/aromatic N) is 1. The van der Waals surface area contributed by atoms with Gasteiger partial charge in [0.05, 0.1) is 19.3 Å². The molecule has 1 saturated heterocycles. The van der Waals surface area contributed by atoms with Crippen molar-refractivity contribution in [3.05, 3.63) is 0 Å². The minimum atomic E-state index is -0.595. The Morgan fingerprint density at radius 3 is 2.55 bits per heavy atom. The Morgan fingerprint density at radius 2 is 2.00 bits per heavy atom. The predicted molar refractivity (Wildman–Crippen MR) is 82.5 cm³/mol. The first-order valence-corrected chi connectivity index (χ1v) is 8.15. The molecule has 0 aromatic carbocycles. The normalized spacial score (nSPS) is 19.8. The molecule has 0 aromatic rings. The SMILES string of the molecule is CCOC(=O)CN(C(=O)C(C)OCC1CCCCO1)C(C)C. The van der Waals surface area contributed by atoms with Crippen LogP contribution in [-0.4, -0.2) is 61.4 Å². The van der Waals surface area contributed by atoms with Crippen molar-refractivity contribution in [1.82, 2.24) is 4.90 Å². The van der Waals surface area contributed by atoms with E-state index >= 15 is 0 Å². The van der Waals surface area contributed by atoms with Crippen LogP contribution < -0.4 is 0 Å². The minimum absolute atomic E-state index is 0.0437. The van der Waals surface area contributed by atoms with Crippen LogP contribution in [0.5, 0.6) is 0 Å². The van der Waals surface area contributed by atoms with Gasteiger partial charge in [0.25, 0.3) is 5.91 Å². The second-order valence-electron chi connectivity index (χ2n) is 5.83. The zero-order valence-electron chi connectivity index (χ0n) is 14.2. The second-order valence-corrected chi connectivity index (χ2v) is 5.83. The molecule has 1 aliphatic rings. The van der Waals surface area contributed by atoms with Gasteiger partial charge in [-0.25, -0.2) is 0 Å². The summed E-state index contributed by atoms with van der Waals surface area (Å²) in [6.07, 6.45) is 2.67. The number of hydrogen-bond donors (Lipinski definition) is 0. The number of ether oxygens (including phenoxy) is 3. The summed E-state index contributed by atoms with van der Waals surface area (Å²) in [5.41, 5.74) is 0. The minimum Gasteiger partial charge on any atom is -0.465 e. The Labute approximate surface area is 133 Å². The van der Waals surface area contributed by atoms with Gasteiger partial charge in [0.1, 0.15) is 12.6 Å². The molecule has 6 nitrogen and oxygen atoms in total. The second kappa shape index (κ2) is 9.79. The summed E-state index contributed by atoms with van der Waals surface area (Å²) in [7, 11) is 0. The molecule has 1 rings (SSSR count). The van der Waals surface area contributed by atoms with E-state index in [4.69, 9.17) is 14.2 Å². The van der Waals surface area contributed by atoms with Gasteiger partial charge in [-0.15, -0.1) is 0 Å². The fourth-order valence-corrected chi connectivity index (χ4v) is 2.36. The van der Waals surface area contributed by atoms with E-state index in [1.807, 2.05) is 13.8 Å². The molecule has 1 heterocycles. The zero-order valence-corrected chi connectivity index (χ0v) is 14.2. The van der Waals surface area contributed by atoms with E-state index < -0.39 is 12.1 Å². The fraction of sp³-hybridized carbons (Fsp3) is 0.875. The third kappa shape index (κ3) is 6.32. The van der Waals surface area contributed by atoms with Crippen molar-refractivity contribution in [3.8, 4) is 0 Å². The van der Waals surface area contributed by atoms with Crippen molar-refractivity contribution in [1.29, 1.82) is 0 Å². The molecular formula is C16H29NO5. The monoisotopic (exact) mass is 315 g/mol. The van der Waals surface area contributed by atoms with Gasteiger partial charge in [-0.2, -0.15) is 0 Å². The van der Waals surface area contributed by atoms with Gasteiger partial charge in [-0.3, -0.25) is 9.59 Å². The Kier molecular flexibility index (Phi) is 8.42. The molecule has 2 atom stereocenters. The molecule has 0 radical (unpaired) electrons. The summed E-state index contributed by atoms with van der Waals surface area (Å²) >= 11 is 0. The molecule has 0 aliphatic carbocycles. The Hall–Kier alpha value is -1.14. The van der Waals surface area contributed by atoms with Crippen LogP contribution in [0.1, 0.15) is 47.0 Å². The van der Waals surface area contributed by atoms with Crippen molar-refractivity contribution < 1.29 is 23.8 Å². The Bertz CT molecular complexity index is 352. The maximum atomic E-state index is 12.4. The van der Waals surface area contributed by atoms with E-state index in [1.54, 1.807) is 13.8 Å². The van der Waals surface area contributed by atoms with Gasteiger partial charge in [-0.05, 0) is 47.0 Å². The summed E-state index contributed by atoms with van der Waals surface area (Å²) in [5.74, 6) is -0.591. The van der Waals surface area contributed by atoms with Crippen LogP contribution >= 0.6 is 0 Å². The molecule has 1 fully saturated rings. The van der Waals surface area contributed by atoms with Gasteiger partial charge in [0, 0.05) is 12.6 Å². The predicted octanol–water partition coefficient (Wildman–Crippen LogP) is 1.76. The summed E-state index contributed by atoms with van der Waals surface area (Å²) in [6.45, 7) is 8.64. The average molecular weight is 315 g/mol. The quantitative estimate of drug-likeness (QED) is 0.639. The summed E-state index contributed by atoms with van der Waals surface area (Å²) < 4.78 is 16.2. The van der Waals surface area contributed by atoms with E-state index in [-0.39, 0.29) is 24.6 Å². The zero-order chi connectivity index (χ0) is 16.5. The van der Waals surface area contributed by atoms with Crippen LogP contribution in [0, 0.1) is 0 Å². The lowest BCUT2D eigenvalue weighted by Crippen LogP contribution is -2.46. The molecular weight excluding hydrogens is 286 g/mol. The van der Waals surface area contributed by atoms with Crippen LogP contribution in [0.4, 0.5) is 0 Å². The molecule has 0 spiro atoms. The highest BCUT2D eigenvalue weighted by Gasteiger charge is 2.27. The van der Waals surface area contributed by atoms with Gasteiger partial charge >= 0.3 is 5.97 Å². The number of carbonyl (C=O) groups excluding carboxylic acids is 2. The van der Waals surface area contributed by atoms with Crippen LogP contribution in [0.25, 0.3) is 0 Å². The van der Waals surface area contributed by atoms with Crippen molar-refractivity contribution in [2.75, 3.05) is 26.4 Å². The van der Waals surface area contributed by atoms with Crippen molar-refractivity contribution in [2.45, 2.75) is 65.2 Å². The molecule has 1 amide bonds. The molecule has 22 heavy (non-hydrogen) atoms. The van der Waals surface area contributed by atoms with E-state index in [0.29, 0.717) is 13.2 Å². The van der Waals surface area contributed by atoms with Crippen LogP contribution in [-0.2, 0) is 23.8 Å². The number of carbonyl (C=O) groups is 2. The maximum Gasteiger partial charge on any atom is 0.325 e. The first-order chi connectivity index (χ1) is 10.5. The number of rotatable bonds is 8. The van der Waals surface area contributed by atoms with E-state index in [2.05, 4.69) is 0 Å². The van der Waals surface area contributed by atoms with Crippen molar-refractivity contribution in [3.63, 3.8) is 0 Å². The first kappa shape index (κ1) is 18.9. The largest absolute Gasteiger partial charge is 0.465 e. The molecule has 0 saturated carbocycles. The molecule has 128 valence electrons. The summed E-state index contributed by atoms with van der Waals surface area (Å²) in [5, 5.41) is 0. The Balaban J connectivity index is 2.47.